The van der Waals surface area contributed by atoms with E-state index in [2.05, 4.69) is 43.6 Å². The van der Waals surface area contributed by atoms with Crippen LogP contribution in [-0.2, 0) is 6.42 Å². The van der Waals surface area contributed by atoms with E-state index in [1.54, 1.807) is 11.3 Å². The summed E-state index contributed by atoms with van der Waals surface area (Å²) >= 11 is 2.94. The average molecular weight is 307 g/mol. The van der Waals surface area contributed by atoms with Crippen LogP contribution in [0.25, 0.3) is 5.57 Å². The Morgan fingerprint density at radius 3 is 3.15 bits per heavy atom. The predicted molar refractivity (Wildman–Crippen MR) is 83.5 cm³/mol. The summed E-state index contributed by atoms with van der Waals surface area (Å²) in [7, 11) is 2.13. The molecule has 0 atom stereocenters. The molecule has 0 saturated carbocycles. The Balaban J connectivity index is 1.63. The van der Waals surface area contributed by atoms with Crippen LogP contribution in [0, 0.1) is 0 Å². The average Bonchev–Trinajstić information content (AvgIpc) is 3.10. The summed E-state index contributed by atoms with van der Waals surface area (Å²) < 4.78 is 14.5. The van der Waals surface area contributed by atoms with Gasteiger partial charge in [-0.3, -0.25) is 0 Å². The molecule has 0 fully saturated rings. The summed E-state index contributed by atoms with van der Waals surface area (Å²) in [5, 5.41) is 4.25. The third kappa shape index (κ3) is 3.26. The van der Waals surface area contributed by atoms with E-state index in [0.717, 1.165) is 31.6 Å². The van der Waals surface area contributed by atoms with Crippen LogP contribution >= 0.6 is 23.1 Å². The Kier molecular flexibility index (Phi) is 4.44. The zero-order valence-electron chi connectivity index (χ0n) is 11.4. The van der Waals surface area contributed by atoms with Gasteiger partial charge in [-0.05, 0) is 41.4 Å². The van der Waals surface area contributed by atoms with Crippen molar-refractivity contribution in [1.82, 2.24) is 13.6 Å². The van der Waals surface area contributed by atoms with Gasteiger partial charge in [0.1, 0.15) is 5.69 Å². The molecule has 0 spiro atoms. The first-order valence-electron chi connectivity index (χ1n) is 6.67. The summed E-state index contributed by atoms with van der Waals surface area (Å²) in [6, 6.07) is 2.13. The largest absolute Gasteiger partial charge is 0.475 e. The second-order valence-corrected chi connectivity index (χ2v) is 6.21. The van der Waals surface area contributed by atoms with Gasteiger partial charge in [0.05, 0.1) is 18.3 Å². The number of thiophene rings is 1. The molecule has 0 unspecified atom stereocenters. The second-order valence-electron chi connectivity index (χ2n) is 4.90. The molecule has 0 N–H and O–H groups in total. The fourth-order valence-electron chi connectivity index (χ4n) is 2.24. The Hall–Kier alpha value is -1.24. The molecule has 0 bridgehead atoms. The Bertz CT molecular complexity index is 577. The SMILES string of the molecule is CN1CCC=C(c2nsnc2OCCc2ccsc2)C1. The van der Waals surface area contributed by atoms with Gasteiger partial charge in [-0.25, -0.2) is 0 Å². The van der Waals surface area contributed by atoms with Crippen molar-refractivity contribution < 1.29 is 4.74 Å². The van der Waals surface area contributed by atoms with Crippen LogP contribution in [-0.4, -0.2) is 40.4 Å². The summed E-state index contributed by atoms with van der Waals surface area (Å²) in [5.41, 5.74) is 3.47. The molecule has 2 aromatic rings. The van der Waals surface area contributed by atoms with Gasteiger partial charge in [0.15, 0.2) is 0 Å². The number of hydrogen-bond acceptors (Lipinski definition) is 6. The molecule has 0 radical (unpaired) electrons. The summed E-state index contributed by atoms with van der Waals surface area (Å²) in [6.07, 6.45) is 4.24. The first-order chi connectivity index (χ1) is 9.83. The maximum atomic E-state index is 5.82. The van der Waals surface area contributed by atoms with Gasteiger partial charge in [-0.15, -0.1) is 4.37 Å². The highest BCUT2D eigenvalue weighted by atomic mass is 32.1. The van der Waals surface area contributed by atoms with Gasteiger partial charge in [-0.1, -0.05) is 6.08 Å². The molecular formula is C14H17N3OS2. The third-order valence-corrected chi connectivity index (χ3v) is 4.56. The topological polar surface area (TPSA) is 38.2 Å². The number of likely N-dealkylation sites (N-methyl/N-ethyl adjacent to an activating group) is 1. The minimum absolute atomic E-state index is 0.651. The highest BCUT2D eigenvalue weighted by molar-refractivity contribution is 7.07. The van der Waals surface area contributed by atoms with Gasteiger partial charge in [0, 0.05) is 19.5 Å². The summed E-state index contributed by atoms with van der Waals surface area (Å²) in [4.78, 5) is 2.30. The number of nitrogens with zero attached hydrogens (tertiary/aromatic N) is 3. The predicted octanol–water partition coefficient (Wildman–Crippen LogP) is 2.94. The van der Waals surface area contributed by atoms with E-state index in [-0.39, 0.29) is 0 Å². The van der Waals surface area contributed by atoms with E-state index >= 15 is 0 Å². The molecule has 3 heterocycles. The maximum absolute atomic E-state index is 5.82. The molecule has 20 heavy (non-hydrogen) atoms. The lowest BCUT2D eigenvalue weighted by molar-refractivity contribution is 0.310. The van der Waals surface area contributed by atoms with Crippen LogP contribution in [0.5, 0.6) is 5.88 Å². The number of aromatic nitrogens is 2. The molecule has 0 aromatic carbocycles. The van der Waals surface area contributed by atoms with Crippen LogP contribution in [0.1, 0.15) is 17.7 Å². The molecule has 0 amide bonds. The van der Waals surface area contributed by atoms with Gasteiger partial charge in [-0.2, -0.15) is 15.7 Å². The van der Waals surface area contributed by atoms with Gasteiger partial charge in [0.25, 0.3) is 5.88 Å². The molecule has 106 valence electrons. The van der Waals surface area contributed by atoms with E-state index in [0.29, 0.717) is 12.5 Å². The van der Waals surface area contributed by atoms with Crippen molar-refractivity contribution in [3.05, 3.63) is 34.2 Å². The molecule has 3 rings (SSSR count). The molecular weight excluding hydrogens is 290 g/mol. The molecule has 6 heteroatoms. The first kappa shape index (κ1) is 13.7. The van der Waals surface area contributed by atoms with E-state index < -0.39 is 0 Å². The van der Waals surface area contributed by atoms with Crippen molar-refractivity contribution in [3.63, 3.8) is 0 Å². The van der Waals surface area contributed by atoms with E-state index in [1.165, 1.54) is 22.9 Å². The van der Waals surface area contributed by atoms with Crippen molar-refractivity contribution in [3.8, 4) is 5.88 Å². The molecule has 1 aliphatic heterocycles. The number of rotatable bonds is 5. The van der Waals surface area contributed by atoms with Crippen LogP contribution in [0.2, 0.25) is 0 Å². The quantitative estimate of drug-likeness (QED) is 0.851. The van der Waals surface area contributed by atoms with Crippen LogP contribution in [0.4, 0.5) is 0 Å². The molecule has 0 saturated heterocycles. The highest BCUT2D eigenvalue weighted by Gasteiger charge is 2.18. The molecule has 2 aromatic heterocycles. The van der Waals surface area contributed by atoms with Crippen molar-refractivity contribution in [1.29, 1.82) is 0 Å². The minimum Gasteiger partial charge on any atom is -0.475 e. The third-order valence-electron chi connectivity index (χ3n) is 3.31. The van der Waals surface area contributed by atoms with Crippen LogP contribution in [0.3, 0.4) is 0 Å². The Labute approximate surface area is 127 Å². The fraction of sp³-hybridized carbons (Fsp3) is 0.429. The summed E-state index contributed by atoms with van der Waals surface area (Å²) in [5.74, 6) is 0.687. The summed E-state index contributed by atoms with van der Waals surface area (Å²) in [6.45, 7) is 2.68. The van der Waals surface area contributed by atoms with E-state index in [4.69, 9.17) is 4.74 Å². The number of ether oxygens (including phenoxy) is 1. The van der Waals surface area contributed by atoms with Gasteiger partial charge in [0.2, 0.25) is 0 Å². The van der Waals surface area contributed by atoms with E-state index in [9.17, 15) is 0 Å². The molecule has 1 aliphatic rings. The monoisotopic (exact) mass is 307 g/mol. The molecule has 0 aliphatic carbocycles. The van der Waals surface area contributed by atoms with Crippen molar-refractivity contribution in [2.45, 2.75) is 12.8 Å². The zero-order valence-corrected chi connectivity index (χ0v) is 13.0. The Morgan fingerprint density at radius 2 is 2.35 bits per heavy atom. The lowest BCUT2D eigenvalue weighted by Crippen LogP contribution is -2.25. The van der Waals surface area contributed by atoms with Crippen molar-refractivity contribution in [2.75, 3.05) is 26.7 Å². The molecule has 4 nitrogen and oxygen atoms in total. The maximum Gasteiger partial charge on any atom is 0.253 e. The van der Waals surface area contributed by atoms with E-state index in [1.807, 2.05) is 0 Å². The lowest BCUT2D eigenvalue weighted by Gasteiger charge is -2.22. The highest BCUT2D eigenvalue weighted by Crippen LogP contribution is 2.27. The van der Waals surface area contributed by atoms with Crippen molar-refractivity contribution >= 4 is 28.6 Å². The smallest absolute Gasteiger partial charge is 0.253 e. The van der Waals surface area contributed by atoms with Crippen LogP contribution in [0.15, 0.2) is 22.9 Å². The first-order valence-corrected chi connectivity index (χ1v) is 8.34. The minimum atomic E-state index is 0.651. The lowest BCUT2D eigenvalue weighted by atomic mass is 10.1. The second kappa shape index (κ2) is 6.47. The van der Waals surface area contributed by atoms with Gasteiger partial charge >= 0.3 is 0 Å². The number of hydrogen-bond donors (Lipinski definition) is 0. The normalized spacial score (nSPS) is 16.1. The standard InChI is InChI=1S/C14H17N3OS2/c1-17-6-2-3-12(9-17)13-14(16-20-15-13)18-7-4-11-5-8-19-10-11/h3,5,8,10H,2,4,6-7,9H2,1H3. The van der Waals surface area contributed by atoms with Crippen LogP contribution < -0.4 is 4.74 Å². The van der Waals surface area contributed by atoms with Crippen molar-refractivity contribution in [2.24, 2.45) is 0 Å². The van der Waals surface area contributed by atoms with Gasteiger partial charge < -0.3 is 9.64 Å². The Morgan fingerprint density at radius 1 is 1.40 bits per heavy atom. The fourth-order valence-corrected chi connectivity index (χ4v) is 3.47. The zero-order chi connectivity index (χ0) is 13.8.